The van der Waals surface area contributed by atoms with Crippen LogP contribution < -0.4 is 10.6 Å². The lowest BCUT2D eigenvalue weighted by atomic mass is 9.98. The average Bonchev–Trinajstić information content (AvgIpc) is 2.56. The van der Waals surface area contributed by atoms with E-state index in [1.54, 1.807) is 18.2 Å². The Hall–Kier alpha value is -2.40. The molecule has 0 fully saturated rings. The van der Waals surface area contributed by atoms with Crippen molar-refractivity contribution in [1.82, 2.24) is 10.6 Å². The molecule has 24 heavy (non-hydrogen) atoms. The van der Waals surface area contributed by atoms with Crippen LogP contribution in [-0.4, -0.2) is 23.8 Å². The van der Waals surface area contributed by atoms with Gasteiger partial charge in [-0.05, 0) is 31.4 Å². The summed E-state index contributed by atoms with van der Waals surface area (Å²) >= 11 is 0. The molecule has 0 aliphatic carbocycles. The van der Waals surface area contributed by atoms with E-state index in [9.17, 15) is 9.18 Å². The molecule has 3 N–H and O–H groups in total. The van der Waals surface area contributed by atoms with Gasteiger partial charge in [0, 0.05) is 18.2 Å². The highest BCUT2D eigenvalue weighted by Gasteiger charge is 2.19. The Morgan fingerprint density at radius 1 is 1.08 bits per heavy atom. The molecular formula is C19H23FN2O2. The summed E-state index contributed by atoms with van der Waals surface area (Å²) in [4.78, 5) is 12.2. The maximum Gasteiger partial charge on any atom is 0.315 e. The molecule has 4 nitrogen and oxygen atoms in total. The zero-order valence-electron chi connectivity index (χ0n) is 13.7. The van der Waals surface area contributed by atoms with Crippen molar-refractivity contribution < 1.29 is 14.3 Å². The number of hydrogen-bond acceptors (Lipinski definition) is 2. The summed E-state index contributed by atoms with van der Waals surface area (Å²) in [6, 6.07) is 15.1. The van der Waals surface area contributed by atoms with E-state index >= 15 is 0 Å². The monoisotopic (exact) mass is 330 g/mol. The lowest BCUT2D eigenvalue weighted by Crippen LogP contribution is -2.43. The van der Waals surface area contributed by atoms with Crippen LogP contribution in [0.5, 0.6) is 0 Å². The Bertz CT molecular complexity index is 649. The van der Waals surface area contributed by atoms with Crippen molar-refractivity contribution in [3.63, 3.8) is 0 Å². The number of rotatable bonds is 7. The van der Waals surface area contributed by atoms with E-state index in [1.165, 1.54) is 6.07 Å². The van der Waals surface area contributed by atoms with Gasteiger partial charge in [-0.3, -0.25) is 0 Å². The van der Waals surface area contributed by atoms with E-state index in [0.717, 1.165) is 5.56 Å². The molecule has 0 aromatic heterocycles. The highest BCUT2D eigenvalue weighted by Crippen LogP contribution is 2.21. The summed E-state index contributed by atoms with van der Waals surface area (Å²) in [6.45, 7) is 1.81. The lowest BCUT2D eigenvalue weighted by Gasteiger charge is -2.22. The fraction of sp³-hybridized carbons (Fsp3) is 0.316. The molecule has 2 atom stereocenters. The standard InChI is InChI=1S/C19H23FN2O2/c1-14(11-12-23)21-19(24)22-18(13-15-7-3-2-4-8-15)16-9-5-6-10-17(16)20/h2-10,14,18,23H,11-13H2,1H3,(H2,21,22,24)/t14-,18?/m1/s1. The van der Waals surface area contributed by atoms with Gasteiger partial charge in [0.15, 0.2) is 0 Å². The molecule has 1 unspecified atom stereocenters. The van der Waals surface area contributed by atoms with Crippen molar-refractivity contribution in [2.45, 2.75) is 31.8 Å². The van der Waals surface area contributed by atoms with Crippen molar-refractivity contribution in [2.75, 3.05) is 6.61 Å². The van der Waals surface area contributed by atoms with Gasteiger partial charge >= 0.3 is 6.03 Å². The molecule has 0 saturated heterocycles. The van der Waals surface area contributed by atoms with Gasteiger partial charge in [0.25, 0.3) is 0 Å². The first-order valence-electron chi connectivity index (χ1n) is 8.06. The second-order valence-electron chi connectivity index (χ2n) is 5.79. The SMILES string of the molecule is C[C@H](CCO)NC(=O)NC(Cc1ccccc1)c1ccccc1F. The maximum atomic E-state index is 14.2. The van der Waals surface area contributed by atoms with Crippen molar-refractivity contribution in [3.8, 4) is 0 Å². The second kappa shape index (κ2) is 9.03. The number of halogens is 1. The van der Waals surface area contributed by atoms with Crippen molar-refractivity contribution in [2.24, 2.45) is 0 Å². The molecule has 0 bridgehead atoms. The predicted octanol–water partition coefficient (Wildman–Crippen LogP) is 3.18. The van der Waals surface area contributed by atoms with Gasteiger partial charge in [0.1, 0.15) is 5.82 Å². The van der Waals surface area contributed by atoms with Crippen molar-refractivity contribution in [1.29, 1.82) is 0 Å². The lowest BCUT2D eigenvalue weighted by molar-refractivity contribution is 0.227. The molecule has 2 aromatic carbocycles. The molecule has 0 aliphatic heterocycles. The third-order valence-electron chi connectivity index (χ3n) is 3.81. The van der Waals surface area contributed by atoms with Crippen LogP contribution >= 0.6 is 0 Å². The van der Waals surface area contributed by atoms with E-state index in [-0.39, 0.29) is 24.5 Å². The Morgan fingerprint density at radius 3 is 2.42 bits per heavy atom. The van der Waals surface area contributed by atoms with Crippen LogP contribution in [0.3, 0.4) is 0 Å². The summed E-state index contributed by atoms with van der Waals surface area (Å²) in [7, 11) is 0. The smallest absolute Gasteiger partial charge is 0.315 e. The van der Waals surface area contributed by atoms with E-state index in [1.807, 2.05) is 37.3 Å². The first-order chi connectivity index (χ1) is 11.6. The summed E-state index contributed by atoms with van der Waals surface area (Å²) in [5, 5.41) is 14.5. The number of nitrogens with one attached hydrogen (secondary N) is 2. The summed E-state index contributed by atoms with van der Waals surface area (Å²) in [6.07, 6.45) is 0.958. The molecule has 2 aromatic rings. The summed E-state index contributed by atoms with van der Waals surface area (Å²) < 4.78 is 14.2. The van der Waals surface area contributed by atoms with Crippen LogP contribution in [0.25, 0.3) is 0 Å². The topological polar surface area (TPSA) is 61.4 Å². The minimum Gasteiger partial charge on any atom is -0.396 e. The maximum absolute atomic E-state index is 14.2. The van der Waals surface area contributed by atoms with E-state index in [2.05, 4.69) is 10.6 Å². The molecule has 128 valence electrons. The first kappa shape index (κ1) is 17.9. The fourth-order valence-corrected chi connectivity index (χ4v) is 2.54. The molecule has 0 heterocycles. The Labute approximate surface area is 141 Å². The summed E-state index contributed by atoms with van der Waals surface area (Å²) in [5.74, 6) is -0.345. The number of aliphatic hydroxyl groups excluding tert-OH is 1. The van der Waals surface area contributed by atoms with Gasteiger partial charge in [-0.15, -0.1) is 0 Å². The number of carbonyl (C=O) groups excluding carboxylic acids is 1. The normalized spacial score (nSPS) is 13.1. The van der Waals surface area contributed by atoms with Gasteiger partial charge < -0.3 is 15.7 Å². The molecule has 0 spiro atoms. The van der Waals surface area contributed by atoms with E-state index in [4.69, 9.17) is 5.11 Å². The first-order valence-corrected chi connectivity index (χ1v) is 8.06. The van der Waals surface area contributed by atoms with Crippen LogP contribution in [0, 0.1) is 5.82 Å². The number of carbonyl (C=O) groups is 1. The quantitative estimate of drug-likeness (QED) is 0.730. The third kappa shape index (κ3) is 5.35. The van der Waals surface area contributed by atoms with Crippen molar-refractivity contribution >= 4 is 6.03 Å². The molecular weight excluding hydrogens is 307 g/mol. The van der Waals surface area contributed by atoms with Crippen LogP contribution in [0.1, 0.15) is 30.5 Å². The van der Waals surface area contributed by atoms with Gasteiger partial charge in [0.2, 0.25) is 0 Å². The zero-order chi connectivity index (χ0) is 17.4. The van der Waals surface area contributed by atoms with Gasteiger partial charge in [-0.25, -0.2) is 9.18 Å². The van der Waals surface area contributed by atoms with Crippen LogP contribution in [0.2, 0.25) is 0 Å². The van der Waals surface area contributed by atoms with Crippen LogP contribution in [-0.2, 0) is 6.42 Å². The van der Waals surface area contributed by atoms with Crippen LogP contribution in [0.15, 0.2) is 54.6 Å². The highest BCUT2D eigenvalue weighted by atomic mass is 19.1. The highest BCUT2D eigenvalue weighted by molar-refractivity contribution is 5.74. The third-order valence-corrected chi connectivity index (χ3v) is 3.81. The zero-order valence-corrected chi connectivity index (χ0v) is 13.7. The van der Waals surface area contributed by atoms with Gasteiger partial charge in [0.05, 0.1) is 6.04 Å². The number of aliphatic hydroxyl groups is 1. The van der Waals surface area contributed by atoms with Crippen LogP contribution in [0.4, 0.5) is 9.18 Å². The molecule has 0 radical (unpaired) electrons. The molecule has 2 amide bonds. The molecule has 0 aliphatic rings. The van der Waals surface area contributed by atoms with Gasteiger partial charge in [-0.1, -0.05) is 48.5 Å². The minimum absolute atomic E-state index is 0.00219. The van der Waals surface area contributed by atoms with Crippen molar-refractivity contribution in [3.05, 3.63) is 71.5 Å². The second-order valence-corrected chi connectivity index (χ2v) is 5.79. The summed E-state index contributed by atoms with van der Waals surface area (Å²) in [5.41, 5.74) is 1.46. The van der Waals surface area contributed by atoms with E-state index < -0.39 is 6.04 Å². The number of hydrogen-bond donors (Lipinski definition) is 3. The van der Waals surface area contributed by atoms with Gasteiger partial charge in [-0.2, -0.15) is 0 Å². The Morgan fingerprint density at radius 2 is 1.75 bits per heavy atom. The molecule has 5 heteroatoms. The van der Waals surface area contributed by atoms with E-state index in [0.29, 0.717) is 18.4 Å². The Balaban J connectivity index is 2.14. The molecule has 2 rings (SSSR count). The minimum atomic E-state index is -0.477. The average molecular weight is 330 g/mol. The predicted molar refractivity (Wildman–Crippen MR) is 92.1 cm³/mol. The number of amides is 2. The largest absolute Gasteiger partial charge is 0.396 e. The molecule has 0 saturated carbocycles. The fourth-order valence-electron chi connectivity index (χ4n) is 2.54. The number of benzene rings is 2. The number of urea groups is 1. The Kier molecular flexibility index (Phi) is 6.75.